The summed E-state index contributed by atoms with van der Waals surface area (Å²) in [5.74, 6) is 1.22. The number of rotatable bonds is 9. The fourth-order valence-electron chi connectivity index (χ4n) is 3.77. The van der Waals surface area contributed by atoms with Crippen molar-refractivity contribution >= 4 is 29.3 Å². The van der Waals surface area contributed by atoms with Crippen LogP contribution in [-0.4, -0.2) is 44.4 Å². The van der Waals surface area contributed by atoms with Crippen molar-refractivity contribution in [3.05, 3.63) is 76.6 Å². The first kappa shape index (κ1) is 22.8. The van der Waals surface area contributed by atoms with Crippen LogP contribution in [0.2, 0.25) is 5.02 Å². The fourth-order valence-corrected chi connectivity index (χ4v) is 4.68. The fraction of sp³-hybridized carbons (Fsp3) is 0.375. The monoisotopic (exact) mass is 469 g/mol. The van der Waals surface area contributed by atoms with E-state index in [4.69, 9.17) is 11.6 Å². The van der Waals surface area contributed by atoms with Gasteiger partial charge in [0.25, 0.3) is 0 Å². The second-order valence-corrected chi connectivity index (χ2v) is 9.38. The van der Waals surface area contributed by atoms with Gasteiger partial charge in [0.2, 0.25) is 5.91 Å². The summed E-state index contributed by atoms with van der Waals surface area (Å²) in [6.07, 6.45) is 3.78. The molecule has 0 radical (unpaired) electrons. The number of aromatic nitrogens is 3. The Labute approximate surface area is 198 Å². The minimum Gasteiger partial charge on any atom is -0.351 e. The largest absolute Gasteiger partial charge is 0.351 e. The number of hydrogen-bond donors (Lipinski definition) is 1. The molecule has 1 amide bonds. The van der Waals surface area contributed by atoms with Crippen molar-refractivity contribution in [1.29, 1.82) is 0 Å². The van der Waals surface area contributed by atoms with E-state index in [1.165, 1.54) is 36.6 Å². The Balaban J connectivity index is 1.39. The molecule has 1 aliphatic rings. The van der Waals surface area contributed by atoms with E-state index < -0.39 is 0 Å². The normalized spacial score (nSPS) is 14.4. The molecule has 2 heterocycles. The second kappa shape index (κ2) is 11.5. The van der Waals surface area contributed by atoms with Crippen LogP contribution in [0.15, 0.2) is 59.8 Å². The van der Waals surface area contributed by atoms with E-state index in [1.54, 1.807) is 0 Å². The molecule has 3 aromatic rings. The maximum absolute atomic E-state index is 12.4. The topological polar surface area (TPSA) is 63.1 Å². The van der Waals surface area contributed by atoms with Crippen LogP contribution >= 0.6 is 23.4 Å². The van der Waals surface area contributed by atoms with Gasteiger partial charge in [0.1, 0.15) is 5.82 Å². The molecule has 0 unspecified atom stereocenters. The number of halogens is 1. The molecule has 168 valence electrons. The van der Waals surface area contributed by atoms with E-state index in [0.717, 1.165) is 36.2 Å². The van der Waals surface area contributed by atoms with Crippen molar-refractivity contribution in [2.24, 2.45) is 0 Å². The van der Waals surface area contributed by atoms with Gasteiger partial charge in [0.05, 0.1) is 18.8 Å². The molecule has 1 aliphatic heterocycles. The quantitative estimate of drug-likeness (QED) is 0.471. The van der Waals surface area contributed by atoms with Gasteiger partial charge in [-0.15, -0.1) is 10.2 Å². The number of nitrogens with zero attached hydrogens (tertiary/aromatic N) is 4. The summed E-state index contributed by atoms with van der Waals surface area (Å²) in [6, 6.07) is 17.8. The first-order valence-electron chi connectivity index (χ1n) is 11.0. The number of hydrogen-bond acceptors (Lipinski definition) is 5. The van der Waals surface area contributed by atoms with E-state index in [0.29, 0.717) is 23.9 Å². The van der Waals surface area contributed by atoms with E-state index in [2.05, 4.69) is 37.1 Å². The van der Waals surface area contributed by atoms with Crippen molar-refractivity contribution in [2.45, 2.75) is 44.1 Å². The number of amides is 1. The lowest BCUT2D eigenvalue weighted by molar-refractivity contribution is -0.118. The molecule has 32 heavy (non-hydrogen) atoms. The predicted molar refractivity (Wildman–Crippen MR) is 129 cm³/mol. The molecular formula is C24H28ClN5OS. The zero-order valence-electron chi connectivity index (χ0n) is 18.0. The minimum absolute atomic E-state index is 0.0307. The third-order valence-corrected chi connectivity index (χ3v) is 6.74. The highest BCUT2D eigenvalue weighted by molar-refractivity contribution is 7.99. The summed E-state index contributed by atoms with van der Waals surface area (Å²) in [5.41, 5.74) is 2.21. The smallest absolute Gasteiger partial charge is 0.230 e. The van der Waals surface area contributed by atoms with Crippen LogP contribution < -0.4 is 5.32 Å². The Kier molecular flexibility index (Phi) is 8.20. The van der Waals surface area contributed by atoms with Crippen molar-refractivity contribution in [3.63, 3.8) is 0 Å². The molecule has 0 atom stereocenters. The van der Waals surface area contributed by atoms with Crippen molar-refractivity contribution in [1.82, 2.24) is 25.0 Å². The molecule has 1 N–H and O–H groups in total. The highest BCUT2D eigenvalue weighted by Crippen LogP contribution is 2.21. The number of nitrogens with one attached hydrogen (secondary N) is 1. The van der Waals surface area contributed by atoms with E-state index in [9.17, 15) is 4.79 Å². The molecular weight excluding hydrogens is 442 g/mol. The SMILES string of the molecule is O=C(CSc1nnc(CN2CCCCC2)n1Cc1ccccc1)NCc1ccc(Cl)cc1. The zero-order valence-corrected chi connectivity index (χ0v) is 19.6. The van der Waals surface area contributed by atoms with Gasteiger partial charge in [0, 0.05) is 11.6 Å². The van der Waals surface area contributed by atoms with Gasteiger partial charge in [-0.2, -0.15) is 0 Å². The van der Waals surface area contributed by atoms with E-state index >= 15 is 0 Å². The van der Waals surface area contributed by atoms with Gasteiger partial charge in [0.15, 0.2) is 5.16 Å². The van der Waals surface area contributed by atoms with Gasteiger partial charge >= 0.3 is 0 Å². The standard InChI is InChI=1S/C24H28ClN5OS/c25-21-11-9-19(10-12-21)15-26-23(31)18-32-24-28-27-22(17-29-13-5-2-6-14-29)30(24)16-20-7-3-1-4-8-20/h1,3-4,7-12H,2,5-6,13-18H2,(H,26,31). The first-order valence-corrected chi connectivity index (χ1v) is 12.4. The van der Waals surface area contributed by atoms with Crippen LogP contribution in [0.4, 0.5) is 0 Å². The number of thioether (sulfide) groups is 1. The van der Waals surface area contributed by atoms with Gasteiger partial charge in [-0.3, -0.25) is 9.69 Å². The minimum atomic E-state index is -0.0307. The first-order chi connectivity index (χ1) is 15.7. The Morgan fingerprint density at radius 1 is 0.938 bits per heavy atom. The van der Waals surface area contributed by atoms with Crippen molar-refractivity contribution in [2.75, 3.05) is 18.8 Å². The molecule has 0 spiro atoms. The van der Waals surface area contributed by atoms with Gasteiger partial charge in [-0.05, 0) is 49.2 Å². The third kappa shape index (κ3) is 6.58. The predicted octanol–water partition coefficient (Wildman–Crippen LogP) is 4.37. The molecule has 0 aliphatic carbocycles. The highest BCUT2D eigenvalue weighted by Gasteiger charge is 2.18. The second-order valence-electron chi connectivity index (χ2n) is 8.00. The van der Waals surface area contributed by atoms with Crippen LogP contribution in [-0.2, 0) is 24.4 Å². The average Bonchev–Trinajstić information content (AvgIpc) is 3.19. The number of carbonyl (C=O) groups is 1. The number of piperidine rings is 1. The molecule has 8 heteroatoms. The highest BCUT2D eigenvalue weighted by atomic mass is 35.5. The number of carbonyl (C=O) groups excluding carboxylic acids is 1. The van der Waals surface area contributed by atoms with E-state index in [-0.39, 0.29) is 5.91 Å². The summed E-state index contributed by atoms with van der Waals surface area (Å²) in [4.78, 5) is 14.9. The Morgan fingerprint density at radius 2 is 1.69 bits per heavy atom. The lowest BCUT2D eigenvalue weighted by Crippen LogP contribution is -2.30. The van der Waals surface area contributed by atoms with Crippen LogP contribution in [0.5, 0.6) is 0 Å². The molecule has 0 saturated carbocycles. The lowest BCUT2D eigenvalue weighted by atomic mass is 10.1. The Bertz CT molecular complexity index is 1000. The van der Waals surface area contributed by atoms with Gasteiger partial charge in [-0.1, -0.05) is 72.2 Å². The average molecular weight is 470 g/mol. The molecule has 4 rings (SSSR count). The Hall–Kier alpha value is -2.35. The summed E-state index contributed by atoms with van der Waals surface area (Å²) < 4.78 is 2.15. The van der Waals surface area contributed by atoms with E-state index in [1.807, 2.05) is 42.5 Å². The molecule has 2 aromatic carbocycles. The van der Waals surface area contributed by atoms with Crippen LogP contribution in [0.3, 0.4) is 0 Å². The Morgan fingerprint density at radius 3 is 2.44 bits per heavy atom. The zero-order chi connectivity index (χ0) is 22.2. The van der Waals surface area contributed by atoms with Gasteiger partial charge < -0.3 is 9.88 Å². The lowest BCUT2D eigenvalue weighted by Gasteiger charge is -2.26. The van der Waals surface area contributed by atoms with Crippen molar-refractivity contribution < 1.29 is 4.79 Å². The van der Waals surface area contributed by atoms with Crippen LogP contribution in [0, 0.1) is 0 Å². The number of benzene rings is 2. The molecule has 1 saturated heterocycles. The molecule has 1 aromatic heterocycles. The molecule has 6 nitrogen and oxygen atoms in total. The maximum Gasteiger partial charge on any atom is 0.230 e. The van der Waals surface area contributed by atoms with Crippen LogP contribution in [0.1, 0.15) is 36.2 Å². The summed E-state index contributed by atoms with van der Waals surface area (Å²) in [6.45, 7) is 4.18. The molecule has 0 bridgehead atoms. The summed E-state index contributed by atoms with van der Waals surface area (Å²) in [7, 11) is 0. The summed E-state index contributed by atoms with van der Waals surface area (Å²) in [5, 5.41) is 13.4. The van der Waals surface area contributed by atoms with Crippen LogP contribution in [0.25, 0.3) is 0 Å². The number of likely N-dealkylation sites (tertiary alicyclic amines) is 1. The summed E-state index contributed by atoms with van der Waals surface area (Å²) >= 11 is 7.35. The molecule has 1 fully saturated rings. The van der Waals surface area contributed by atoms with Crippen molar-refractivity contribution in [3.8, 4) is 0 Å². The third-order valence-electron chi connectivity index (χ3n) is 5.53. The maximum atomic E-state index is 12.4. The van der Waals surface area contributed by atoms with Gasteiger partial charge in [-0.25, -0.2) is 0 Å².